The van der Waals surface area contributed by atoms with Crippen molar-refractivity contribution in [2.24, 2.45) is 5.92 Å². The highest BCUT2D eigenvalue weighted by Gasteiger charge is 2.27. The lowest BCUT2D eigenvalue weighted by Crippen LogP contribution is -2.38. The molecule has 2 rings (SSSR count). The van der Waals surface area contributed by atoms with Gasteiger partial charge in [-0.2, -0.15) is 0 Å². The maximum absolute atomic E-state index is 13.6. The van der Waals surface area contributed by atoms with Gasteiger partial charge < -0.3 is 0 Å². The molecule has 1 aliphatic rings. The fourth-order valence-electron chi connectivity index (χ4n) is 2.71. The second kappa shape index (κ2) is 6.01. The van der Waals surface area contributed by atoms with Crippen molar-refractivity contribution in [3.63, 3.8) is 0 Å². The van der Waals surface area contributed by atoms with Gasteiger partial charge in [0.1, 0.15) is 10.7 Å². The average molecular weight is 285 g/mol. The van der Waals surface area contributed by atoms with Gasteiger partial charge in [0.25, 0.3) is 0 Å². The van der Waals surface area contributed by atoms with Crippen LogP contribution in [0.1, 0.15) is 39.0 Å². The smallest absolute Gasteiger partial charge is 0.208 e. The number of hydrogen-bond donors (Lipinski definition) is 1. The third kappa shape index (κ3) is 3.54. The summed E-state index contributed by atoms with van der Waals surface area (Å²) < 4.78 is 40.5. The number of halogens is 1. The molecule has 0 bridgehead atoms. The van der Waals surface area contributed by atoms with Crippen LogP contribution in [-0.4, -0.2) is 14.5 Å². The van der Waals surface area contributed by atoms with Crippen LogP contribution in [0.5, 0.6) is 0 Å². The molecule has 5 heteroatoms. The van der Waals surface area contributed by atoms with Crippen molar-refractivity contribution in [2.45, 2.75) is 50.0 Å². The van der Waals surface area contributed by atoms with Crippen LogP contribution in [-0.2, 0) is 10.0 Å². The third-order valence-electron chi connectivity index (χ3n) is 3.81. The molecule has 1 N–H and O–H groups in total. The normalized spacial score (nSPS) is 24.3. The van der Waals surface area contributed by atoms with E-state index in [1.54, 1.807) is 0 Å². The molecule has 0 aliphatic heterocycles. The molecule has 2 atom stereocenters. The van der Waals surface area contributed by atoms with Gasteiger partial charge in [0.2, 0.25) is 10.0 Å². The predicted molar refractivity (Wildman–Crippen MR) is 72.8 cm³/mol. The van der Waals surface area contributed by atoms with Gasteiger partial charge in [-0.3, -0.25) is 0 Å². The molecule has 0 saturated heterocycles. The maximum Gasteiger partial charge on any atom is 0.243 e. The molecule has 0 radical (unpaired) electrons. The first kappa shape index (κ1) is 14.5. The van der Waals surface area contributed by atoms with E-state index in [0.717, 1.165) is 32.1 Å². The Morgan fingerprint density at radius 1 is 1.32 bits per heavy atom. The van der Waals surface area contributed by atoms with Crippen molar-refractivity contribution in [3.8, 4) is 0 Å². The fourth-order valence-corrected chi connectivity index (χ4v) is 4.08. The molecule has 2 unspecified atom stereocenters. The van der Waals surface area contributed by atoms with E-state index >= 15 is 0 Å². The third-order valence-corrected chi connectivity index (χ3v) is 5.36. The maximum atomic E-state index is 13.6. The Labute approximate surface area is 114 Å². The standard InChI is InChI=1S/C14H20FNO2S/c1-2-11-6-5-7-12(10-11)16-19(17,18)14-9-4-3-8-13(14)15/h3-4,8-9,11-12,16H,2,5-7,10H2,1H3. The highest BCUT2D eigenvalue weighted by molar-refractivity contribution is 7.89. The van der Waals surface area contributed by atoms with Crippen LogP contribution in [0.25, 0.3) is 0 Å². The summed E-state index contributed by atoms with van der Waals surface area (Å²) in [4.78, 5) is -0.256. The van der Waals surface area contributed by atoms with E-state index in [9.17, 15) is 12.8 Å². The Kier molecular flexibility index (Phi) is 4.58. The summed E-state index contributed by atoms with van der Waals surface area (Å²) in [6.07, 6.45) is 4.95. The first-order chi connectivity index (χ1) is 9.03. The quantitative estimate of drug-likeness (QED) is 0.924. The lowest BCUT2D eigenvalue weighted by Gasteiger charge is -2.28. The van der Waals surface area contributed by atoms with Crippen molar-refractivity contribution >= 4 is 10.0 Å². The molecule has 0 aromatic heterocycles. The highest BCUT2D eigenvalue weighted by atomic mass is 32.2. The molecule has 0 spiro atoms. The van der Waals surface area contributed by atoms with Crippen LogP contribution >= 0.6 is 0 Å². The zero-order chi connectivity index (χ0) is 13.9. The molecule has 3 nitrogen and oxygen atoms in total. The minimum Gasteiger partial charge on any atom is -0.208 e. The average Bonchev–Trinajstić information content (AvgIpc) is 2.38. The zero-order valence-electron chi connectivity index (χ0n) is 11.1. The van der Waals surface area contributed by atoms with E-state index in [1.807, 2.05) is 0 Å². The SMILES string of the molecule is CCC1CCCC(NS(=O)(=O)c2ccccc2F)C1. The first-order valence-corrected chi connectivity index (χ1v) is 8.28. The number of nitrogens with one attached hydrogen (secondary N) is 1. The summed E-state index contributed by atoms with van der Waals surface area (Å²) in [6.45, 7) is 2.12. The Hall–Kier alpha value is -0.940. The molecule has 1 fully saturated rings. The van der Waals surface area contributed by atoms with Gasteiger partial charge in [0, 0.05) is 6.04 Å². The van der Waals surface area contributed by atoms with Crippen LogP contribution in [0.15, 0.2) is 29.2 Å². The van der Waals surface area contributed by atoms with E-state index in [-0.39, 0.29) is 10.9 Å². The van der Waals surface area contributed by atoms with E-state index in [2.05, 4.69) is 11.6 Å². The minimum atomic E-state index is -3.75. The lowest BCUT2D eigenvalue weighted by molar-refractivity contribution is 0.301. The number of rotatable bonds is 4. The molecular weight excluding hydrogens is 265 g/mol. The second-order valence-electron chi connectivity index (χ2n) is 5.19. The Morgan fingerprint density at radius 3 is 2.74 bits per heavy atom. The molecule has 0 heterocycles. The van der Waals surface area contributed by atoms with E-state index in [0.29, 0.717) is 5.92 Å². The summed E-state index contributed by atoms with van der Waals surface area (Å²) >= 11 is 0. The molecular formula is C14H20FNO2S. The summed E-state index contributed by atoms with van der Waals surface area (Å²) in [5.41, 5.74) is 0. The largest absolute Gasteiger partial charge is 0.243 e. The summed E-state index contributed by atoms with van der Waals surface area (Å²) in [7, 11) is -3.75. The molecule has 19 heavy (non-hydrogen) atoms. The number of benzene rings is 1. The van der Waals surface area contributed by atoms with Crippen molar-refractivity contribution in [1.29, 1.82) is 0 Å². The molecule has 106 valence electrons. The van der Waals surface area contributed by atoms with Gasteiger partial charge in [-0.05, 0) is 30.9 Å². The fraction of sp³-hybridized carbons (Fsp3) is 0.571. The Balaban J connectivity index is 2.11. The molecule has 1 aliphatic carbocycles. The molecule has 1 saturated carbocycles. The zero-order valence-corrected chi connectivity index (χ0v) is 11.9. The number of hydrogen-bond acceptors (Lipinski definition) is 2. The Bertz CT molecular complexity index is 530. The summed E-state index contributed by atoms with van der Waals surface area (Å²) in [5.74, 6) is -0.125. The monoisotopic (exact) mass is 285 g/mol. The number of sulfonamides is 1. The Morgan fingerprint density at radius 2 is 2.05 bits per heavy atom. The first-order valence-electron chi connectivity index (χ1n) is 6.79. The summed E-state index contributed by atoms with van der Waals surface area (Å²) in [5, 5.41) is 0. The van der Waals surface area contributed by atoms with Gasteiger partial charge in [-0.1, -0.05) is 38.3 Å². The lowest BCUT2D eigenvalue weighted by atomic mass is 9.85. The van der Waals surface area contributed by atoms with Crippen LogP contribution in [0, 0.1) is 11.7 Å². The molecule has 1 aromatic carbocycles. The van der Waals surface area contributed by atoms with Crippen molar-refractivity contribution in [1.82, 2.24) is 4.72 Å². The van der Waals surface area contributed by atoms with Crippen LogP contribution in [0.2, 0.25) is 0 Å². The topological polar surface area (TPSA) is 46.2 Å². The van der Waals surface area contributed by atoms with E-state index in [4.69, 9.17) is 0 Å². The molecule has 1 aromatic rings. The van der Waals surface area contributed by atoms with Crippen molar-refractivity contribution < 1.29 is 12.8 Å². The van der Waals surface area contributed by atoms with E-state index in [1.165, 1.54) is 24.3 Å². The van der Waals surface area contributed by atoms with Gasteiger partial charge >= 0.3 is 0 Å². The van der Waals surface area contributed by atoms with Crippen LogP contribution in [0.3, 0.4) is 0 Å². The predicted octanol–water partition coefficient (Wildman–Crippen LogP) is 3.07. The minimum absolute atomic E-state index is 0.0664. The van der Waals surface area contributed by atoms with Crippen molar-refractivity contribution in [2.75, 3.05) is 0 Å². The van der Waals surface area contributed by atoms with Gasteiger partial charge in [-0.25, -0.2) is 17.5 Å². The van der Waals surface area contributed by atoms with Crippen LogP contribution < -0.4 is 4.72 Å². The van der Waals surface area contributed by atoms with Gasteiger partial charge in [-0.15, -0.1) is 0 Å². The molecule has 0 amide bonds. The van der Waals surface area contributed by atoms with Gasteiger partial charge in [0.05, 0.1) is 0 Å². The van der Waals surface area contributed by atoms with Crippen LogP contribution in [0.4, 0.5) is 4.39 Å². The summed E-state index contributed by atoms with van der Waals surface area (Å²) in [6, 6.07) is 5.43. The second-order valence-corrected chi connectivity index (χ2v) is 6.87. The van der Waals surface area contributed by atoms with E-state index < -0.39 is 15.8 Å². The van der Waals surface area contributed by atoms with Gasteiger partial charge in [0.15, 0.2) is 0 Å². The van der Waals surface area contributed by atoms with Crippen molar-refractivity contribution in [3.05, 3.63) is 30.1 Å². The highest BCUT2D eigenvalue weighted by Crippen LogP contribution is 2.27.